The zero-order valence-electron chi connectivity index (χ0n) is 11.3. The highest BCUT2D eigenvalue weighted by molar-refractivity contribution is 5.88. The molecular weight excluding hydrogens is 244 g/mol. The third-order valence-electron chi connectivity index (χ3n) is 3.40. The van der Waals surface area contributed by atoms with Crippen molar-refractivity contribution in [2.75, 3.05) is 13.7 Å². The summed E-state index contributed by atoms with van der Waals surface area (Å²) in [6.45, 7) is 3.25. The minimum atomic E-state index is -0.401. The molecule has 1 aromatic rings. The lowest BCUT2D eigenvalue weighted by Crippen LogP contribution is -2.39. The van der Waals surface area contributed by atoms with E-state index in [1.165, 1.54) is 13.3 Å². The van der Waals surface area contributed by atoms with Crippen LogP contribution >= 0.6 is 0 Å². The Kier molecular flexibility index (Phi) is 4.14. The number of pyridine rings is 1. The molecule has 5 heteroatoms. The summed E-state index contributed by atoms with van der Waals surface area (Å²) in [4.78, 5) is 29.3. The second-order valence-electron chi connectivity index (χ2n) is 4.83. The molecule has 5 nitrogen and oxygen atoms in total. The molecule has 0 saturated carbocycles. The lowest BCUT2D eigenvalue weighted by molar-refractivity contribution is -0.138. The quantitative estimate of drug-likeness (QED) is 0.777. The fraction of sp³-hybridized carbons (Fsp3) is 0.500. The van der Waals surface area contributed by atoms with Crippen molar-refractivity contribution >= 4 is 11.9 Å². The number of amides is 1. The van der Waals surface area contributed by atoms with Crippen molar-refractivity contribution in [3.63, 3.8) is 0 Å². The summed E-state index contributed by atoms with van der Waals surface area (Å²) in [6.07, 6.45) is 3.48. The molecule has 1 saturated heterocycles. The van der Waals surface area contributed by atoms with Crippen LogP contribution in [0.15, 0.2) is 18.3 Å². The second kappa shape index (κ2) is 5.82. The number of aromatic nitrogens is 1. The fourth-order valence-electron chi connectivity index (χ4n) is 2.24. The number of carbonyl (C=O) groups excluding carboxylic acids is 2. The Balaban J connectivity index is 2.03. The minimum Gasteiger partial charge on any atom is -0.465 e. The Morgan fingerprint density at radius 1 is 1.53 bits per heavy atom. The number of piperidine rings is 1. The molecule has 0 radical (unpaired) electrons. The van der Waals surface area contributed by atoms with Gasteiger partial charge >= 0.3 is 5.97 Å². The van der Waals surface area contributed by atoms with Crippen LogP contribution in [0.5, 0.6) is 0 Å². The molecule has 2 heterocycles. The van der Waals surface area contributed by atoms with E-state index < -0.39 is 5.97 Å². The number of esters is 1. The van der Waals surface area contributed by atoms with E-state index in [4.69, 9.17) is 0 Å². The Hall–Kier alpha value is -1.91. The Morgan fingerprint density at radius 2 is 2.32 bits per heavy atom. The van der Waals surface area contributed by atoms with Crippen LogP contribution in [0.3, 0.4) is 0 Å². The van der Waals surface area contributed by atoms with Gasteiger partial charge in [-0.3, -0.25) is 9.78 Å². The largest absolute Gasteiger partial charge is 0.465 e. The van der Waals surface area contributed by atoms with Gasteiger partial charge in [-0.2, -0.15) is 0 Å². The van der Waals surface area contributed by atoms with Crippen LogP contribution in [-0.4, -0.2) is 35.4 Å². The highest BCUT2D eigenvalue weighted by Gasteiger charge is 2.25. The number of carbonyl (C=O) groups is 2. The number of hydrogen-bond acceptors (Lipinski definition) is 4. The first-order chi connectivity index (χ1) is 9.11. The van der Waals surface area contributed by atoms with Gasteiger partial charge < -0.3 is 9.64 Å². The molecule has 1 atom stereocenters. The molecule has 1 fully saturated rings. The molecule has 1 aliphatic rings. The molecule has 102 valence electrons. The van der Waals surface area contributed by atoms with E-state index in [-0.39, 0.29) is 11.8 Å². The SMILES string of the molecule is COC(=O)c1ccc(CN2CCCC(C)C2=O)nc1. The van der Waals surface area contributed by atoms with Gasteiger partial charge in [0.05, 0.1) is 24.9 Å². The highest BCUT2D eigenvalue weighted by Crippen LogP contribution is 2.18. The number of nitrogens with zero attached hydrogens (tertiary/aromatic N) is 2. The van der Waals surface area contributed by atoms with Crippen molar-refractivity contribution in [1.29, 1.82) is 0 Å². The standard InChI is InChI=1S/C14H18N2O3/c1-10-4-3-7-16(13(10)17)9-12-6-5-11(8-15-12)14(18)19-2/h5-6,8,10H,3-4,7,9H2,1-2H3. The van der Waals surface area contributed by atoms with Crippen LogP contribution in [0.2, 0.25) is 0 Å². The van der Waals surface area contributed by atoms with Gasteiger partial charge in [0, 0.05) is 18.7 Å². The van der Waals surface area contributed by atoms with Crippen LogP contribution in [0.4, 0.5) is 0 Å². The average Bonchev–Trinajstić information content (AvgIpc) is 2.44. The molecule has 1 aliphatic heterocycles. The molecule has 0 aromatic carbocycles. The first-order valence-electron chi connectivity index (χ1n) is 6.44. The second-order valence-corrected chi connectivity index (χ2v) is 4.83. The number of ether oxygens (including phenoxy) is 1. The number of hydrogen-bond donors (Lipinski definition) is 0. The Labute approximate surface area is 112 Å². The summed E-state index contributed by atoms with van der Waals surface area (Å²) in [6, 6.07) is 3.44. The zero-order valence-corrected chi connectivity index (χ0v) is 11.3. The first kappa shape index (κ1) is 13.5. The van der Waals surface area contributed by atoms with E-state index in [9.17, 15) is 9.59 Å². The monoisotopic (exact) mass is 262 g/mol. The third-order valence-corrected chi connectivity index (χ3v) is 3.40. The maximum atomic E-state index is 12.0. The van der Waals surface area contributed by atoms with Gasteiger partial charge in [-0.15, -0.1) is 0 Å². The van der Waals surface area contributed by atoms with E-state index in [0.717, 1.165) is 25.1 Å². The molecule has 19 heavy (non-hydrogen) atoms. The first-order valence-corrected chi connectivity index (χ1v) is 6.44. The maximum Gasteiger partial charge on any atom is 0.339 e. The van der Waals surface area contributed by atoms with Crippen molar-refractivity contribution in [3.8, 4) is 0 Å². The predicted octanol–water partition coefficient (Wildman–Crippen LogP) is 1.63. The highest BCUT2D eigenvalue weighted by atomic mass is 16.5. The molecule has 1 amide bonds. The van der Waals surface area contributed by atoms with Crippen LogP contribution < -0.4 is 0 Å². The summed E-state index contributed by atoms with van der Waals surface area (Å²) < 4.78 is 4.61. The Morgan fingerprint density at radius 3 is 2.95 bits per heavy atom. The molecular formula is C14H18N2O3. The van der Waals surface area contributed by atoms with Crippen molar-refractivity contribution in [1.82, 2.24) is 9.88 Å². The molecule has 1 aromatic heterocycles. The topological polar surface area (TPSA) is 59.5 Å². The lowest BCUT2D eigenvalue weighted by Gasteiger charge is -2.30. The van der Waals surface area contributed by atoms with Crippen LogP contribution in [0.25, 0.3) is 0 Å². The summed E-state index contributed by atoms with van der Waals surface area (Å²) in [5.41, 5.74) is 1.21. The van der Waals surface area contributed by atoms with Crippen LogP contribution in [-0.2, 0) is 16.1 Å². The average molecular weight is 262 g/mol. The van der Waals surface area contributed by atoms with Crippen molar-refractivity contribution in [2.24, 2.45) is 5.92 Å². The molecule has 0 spiro atoms. The fourth-order valence-corrected chi connectivity index (χ4v) is 2.24. The van der Waals surface area contributed by atoms with Gasteiger partial charge in [-0.1, -0.05) is 6.92 Å². The van der Waals surface area contributed by atoms with Gasteiger partial charge in [0.2, 0.25) is 5.91 Å². The van der Waals surface area contributed by atoms with Gasteiger partial charge in [-0.25, -0.2) is 4.79 Å². The summed E-state index contributed by atoms with van der Waals surface area (Å²) in [5, 5.41) is 0. The number of likely N-dealkylation sites (tertiary alicyclic amines) is 1. The molecule has 0 bridgehead atoms. The van der Waals surface area contributed by atoms with E-state index in [1.807, 2.05) is 11.8 Å². The third kappa shape index (κ3) is 3.10. The number of methoxy groups -OCH3 is 1. The smallest absolute Gasteiger partial charge is 0.339 e. The summed E-state index contributed by atoms with van der Waals surface area (Å²) in [5.74, 6) is -0.116. The summed E-state index contributed by atoms with van der Waals surface area (Å²) >= 11 is 0. The lowest BCUT2D eigenvalue weighted by atomic mass is 9.99. The van der Waals surface area contributed by atoms with Gasteiger partial charge in [0.15, 0.2) is 0 Å². The molecule has 2 rings (SSSR count). The van der Waals surface area contributed by atoms with Gasteiger partial charge in [0.1, 0.15) is 0 Å². The van der Waals surface area contributed by atoms with E-state index in [1.54, 1.807) is 12.1 Å². The summed E-state index contributed by atoms with van der Waals surface area (Å²) in [7, 11) is 1.34. The maximum absolute atomic E-state index is 12.0. The molecule has 0 N–H and O–H groups in total. The zero-order chi connectivity index (χ0) is 13.8. The molecule has 0 aliphatic carbocycles. The van der Waals surface area contributed by atoms with E-state index in [2.05, 4.69) is 9.72 Å². The number of rotatable bonds is 3. The minimum absolute atomic E-state index is 0.100. The van der Waals surface area contributed by atoms with Crippen molar-refractivity contribution in [3.05, 3.63) is 29.6 Å². The van der Waals surface area contributed by atoms with E-state index in [0.29, 0.717) is 12.1 Å². The Bertz CT molecular complexity index is 470. The van der Waals surface area contributed by atoms with Crippen molar-refractivity contribution in [2.45, 2.75) is 26.3 Å². The van der Waals surface area contributed by atoms with Gasteiger partial charge in [0.25, 0.3) is 0 Å². The predicted molar refractivity (Wildman–Crippen MR) is 69.4 cm³/mol. The van der Waals surface area contributed by atoms with Crippen molar-refractivity contribution < 1.29 is 14.3 Å². The molecule has 1 unspecified atom stereocenters. The van der Waals surface area contributed by atoms with Crippen LogP contribution in [0.1, 0.15) is 35.8 Å². The van der Waals surface area contributed by atoms with Gasteiger partial charge in [-0.05, 0) is 25.0 Å². The normalized spacial score (nSPS) is 19.4. The van der Waals surface area contributed by atoms with E-state index >= 15 is 0 Å². The van der Waals surface area contributed by atoms with Crippen LogP contribution in [0, 0.1) is 5.92 Å².